The molecule has 2 aromatic carbocycles. The fourth-order valence-corrected chi connectivity index (χ4v) is 4.20. The normalized spacial score (nSPS) is 19.2. The molecule has 4 heteroatoms. The van der Waals surface area contributed by atoms with Crippen LogP contribution >= 0.6 is 0 Å². The molecule has 4 nitrogen and oxygen atoms in total. The second-order valence-electron chi connectivity index (χ2n) is 7.65. The van der Waals surface area contributed by atoms with Gasteiger partial charge < -0.3 is 15.3 Å². The molecule has 0 aliphatic carbocycles. The second-order valence-corrected chi connectivity index (χ2v) is 7.65. The molecular weight excluding hydrogens is 334 g/mol. The second kappa shape index (κ2) is 8.24. The van der Waals surface area contributed by atoms with Crippen LogP contribution in [0.5, 0.6) is 0 Å². The Morgan fingerprint density at radius 2 is 1.74 bits per heavy atom. The van der Waals surface area contributed by atoms with Crippen molar-refractivity contribution < 1.29 is 5.11 Å². The van der Waals surface area contributed by atoms with Crippen LogP contribution in [0.3, 0.4) is 0 Å². The number of nitrogens with zero attached hydrogens (tertiary/aromatic N) is 2. The molecule has 0 saturated carbocycles. The molecule has 0 bridgehead atoms. The zero-order valence-electron chi connectivity index (χ0n) is 15.9. The molecule has 0 amide bonds. The molecule has 0 atom stereocenters. The van der Waals surface area contributed by atoms with Gasteiger partial charge in [-0.2, -0.15) is 0 Å². The van der Waals surface area contributed by atoms with Gasteiger partial charge in [-0.3, -0.25) is 4.99 Å². The SMILES string of the molecule is OC1(c2ccccc2)CCN(CCCNC2=c3ccccc3=NCC2)CC1. The minimum atomic E-state index is -0.652. The molecule has 142 valence electrons. The largest absolute Gasteiger partial charge is 0.388 e. The lowest BCUT2D eigenvalue weighted by molar-refractivity contribution is -0.0259. The summed E-state index contributed by atoms with van der Waals surface area (Å²) in [7, 11) is 0. The van der Waals surface area contributed by atoms with Gasteiger partial charge in [-0.05, 0) is 37.4 Å². The van der Waals surface area contributed by atoms with E-state index in [4.69, 9.17) is 0 Å². The fourth-order valence-electron chi connectivity index (χ4n) is 4.20. The molecule has 2 heterocycles. The van der Waals surface area contributed by atoms with Crippen LogP contribution in [0.1, 0.15) is 31.2 Å². The van der Waals surface area contributed by atoms with Crippen LogP contribution in [-0.2, 0) is 5.60 Å². The minimum absolute atomic E-state index is 0.652. The summed E-state index contributed by atoms with van der Waals surface area (Å²) in [4.78, 5) is 7.07. The van der Waals surface area contributed by atoms with Crippen molar-refractivity contribution in [1.82, 2.24) is 10.2 Å². The van der Waals surface area contributed by atoms with Gasteiger partial charge in [-0.15, -0.1) is 0 Å². The van der Waals surface area contributed by atoms with E-state index in [1.165, 1.54) is 10.9 Å². The minimum Gasteiger partial charge on any atom is -0.388 e. The number of hydrogen-bond acceptors (Lipinski definition) is 4. The Morgan fingerprint density at radius 3 is 2.56 bits per heavy atom. The Labute approximate surface area is 161 Å². The summed E-state index contributed by atoms with van der Waals surface area (Å²) >= 11 is 0. The van der Waals surface area contributed by atoms with E-state index in [0.29, 0.717) is 0 Å². The molecule has 4 rings (SSSR count). The van der Waals surface area contributed by atoms with Crippen molar-refractivity contribution in [3.63, 3.8) is 0 Å². The predicted octanol–water partition coefficient (Wildman–Crippen LogP) is 1.78. The van der Waals surface area contributed by atoms with Gasteiger partial charge in [0.15, 0.2) is 0 Å². The van der Waals surface area contributed by atoms with Gasteiger partial charge in [-0.1, -0.05) is 48.5 Å². The van der Waals surface area contributed by atoms with E-state index < -0.39 is 5.60 Å². The lowest BCUT2D eigenvalue weighted by Gasteiger charge is -2.38. The van der Waals surface area contributed by atoms with Crippen molar-refractivity contribution in [2.75, 3.05) is 32.7 Å². The maximum Gasteiger partial charge on any atom is 0.0920 e. The van der Waals surface area contributed by atoms with Gasteiger partial charge in [-0.25, -0.2) is 0 Å². The lowest BCUT2D eigenvalue weighted by atomic mass is 9.84. The van der Waals surface area contributed by atoms with E-state index in [0.717, 1.165) is 69.3 Å². The van der Waals surface area contributed by atoms with E-state index in [1.807, 2.05) is 30.3 Å². The van der Waals surface area contributed by atoms with E-state index in [-0.39, 0.29) is 0 Å². The Hall–Kier alpha value is -2.17. The van der Waals surface area contributed by atoms with Crippen molar-refractivity contribution in [3.8, 4) is 0 Å². The van der Waals surface area contributed by atoms with Gasteiger partial charge in [0.25, 0.3) is 0 Å². The number of rotatable bonds is 6. The summed E-state index contributed by atoms with van der Waals surface area (Å²) in [6.45, 7) is 4.87. The molecule has 1 fully saturated rings. The number of hydrogen-bond donors (Lipinski definition) is 2. The molecule has 0 unspecified atom stereocenters. The van der Waals surface area contributed by atoms with Crippen LogP contribution in [0.25, 0.3) is 5.70 Å². The third-order valence-electron chi connectivity index (χ3n) is 5.86. The summed E-state index contributed by atoms with van der Waals surface area (Å²) < 4.78 is 0. The Kier molecular flexibility index (Phi) is 5.55. The summed E-state index contributed by atoms with van der Waals surface area (Å²) in [5.41, 5.74) is 1.74. The standard InChI is InChI=1S/C23H29N3O/c27-23(19-7-2-1-3-8-19)12-17-26(18-13-23)16-6-14-24-22-11-15-25-21-10-5-4-9-20(21)22/h1-5,7-10,24,27H,6,11-18H2. The zero-order chi connectivity index (χ0) is 18.5. The Bertz CT molecular complexity index is 870. The van der Waals surface area contributed by atoms with Crippen LogP contribution in [0.4, 0.5) is 0 Å². The molecule has 1 saturated heterocycles. The predicted molar refractivity (Wildman–Crippen MR) is 109 cm³/mol. The molecule has 27 heavy (non-hydrogen) atoms. The number of aliphatic hydroxyl groups is 1. The lowest BCUT2D eigenvalue weighted by Crippen LogP contribution is -2.43. The van der Waals surface area contributed by atoms with Crippen molar-refractivity contribution in [1.29, 1.82) is 0 Å². The third-order valence-corrected chi connectivity index (χ3v) is 5.86. The first-order valence-electron chi connectivity index (χ1n) is 10.1. The highest BCUT2D eigenvalue weighted by Gasteiger charge is 2.33. The van der Waals surface area contributed by atoms with Crippen LogP contribution in [0.15, 0.2) is 59.6 Å². The molecule has 0 radical (unpaired) electrons. The van der Waals surface area contributed by atoms with Crippen LogP contribution in [-0.4, -0.2) is 42.7 Å². The number of piperidine rings is 1. The topological polar surface area (TPSA) is 47.9 Å². The van der Waals surface area contributed by atoms with Gasteiger partial charge in [0.1, 0.15) is 0 Å². The Morgan fingerprint density at radius 1 is 1.00 bits per heavy atom. The molecular formula is C23H29N3O. The van der Waals surface area contributed by atoms with E-state index in [1.54, 1.807) is 0 Å². The van der Waals surface area contributed by atoms with Gasteiger partial charge in [0.2, 0.25) is 0 Å². The van der Waals surface area contributed by atoms with E-state index in [2.05, 4.69) is 39.5 Å². The first-order valence-corrected chi connectivity index (χ1v) is 10.1. The van der Waals surface area contributed by atoms with Gasteiger partial charge in [0, 0.05) is 43.5 Å². The maximum atomic E-state index is 10.9. The molecule has 2 aromatic rings. The fraction of sp³-hybridized carbons (Fsp3) is 0.435. The Balaban J connectivity index is 1.25. The smallest absolute Gasteiger partial charge is 0.0920 e. The average molecular weight is 364 g/mol. The average Bonchev–Trinajstić information content (AvgIpc) is 2.73. The molecule has 2 aliphatic rings. The summed E-state index contributed by atoms with van der Waals surface area (Å²) in [5.74, 6) is 0. The van der Waals surface area contributed by atoms with Crippen molar-refractivity contribution in [3.05, 3.63) is 70.7 Å². The zero-order valence-corrected chi connectivity index (χ0v) is 15.9. The highest BCUT2D eigenvalue weighted by molar-refractivity contribution is 5.43. The van der Waals surface area contributed by atoms with E-state index in [9.17, 15) is 5.11 Å². The molecule has 0 aromatic heterocycles. The summed E-state index contributed by atoms with van der Waals surface area (Å²) in [6, 6.07) is 18.5. The van der Waals surface area contributed by atoms with Gasteiger partial charge in [0.05, 0.1) is 11.0 Å². The number of para-hydroxylation sites is 1. The summed E-state index contributed by atoms with van der Waals surface area (Å²) in [6.07, 6.45) is 3.75. The highest BCUT2D eigenvalue weighted by atomic mass is 16.3. The first-order chi connectivity index (χ1) is 13.2. The molecule has 0 spiro atoms. The van der Waals surface area contributed by atoms with Crippen molar-refractivity contribution >= 4 is 5.70 Å². The van der Waals surface area contributed by atoms with Crippen molar-refractivity contribution in [2.24, 2.45) is 4.99 Å². The molecule has 2 aliphatic heterocycles. The van der Waals surface area contributed by atoms with Gasteiger partial charge >= 0.3 is 0 Å². The first kappa shape index (κ1) is 18.2. The number of benzene rings is 2. The van der Waals surface area contributed by atoms with Crippen LogP contribution < -0.4 is 15.9 Å². The highest BCUT2D eigenvalue weighted by Crippen LogP contribution is 2.32. The van der Waals surface area contributed by atoms with E-state index >= 15 is 0 Å². The van der Waals surface area contributed by atoms with Crippen LogP contribution in [0, 0.1) is 0 Å². The summed E-state index contributed by atoms with van der Waals surface area (Å²) in [5, 5.41) is 17.0. The maximum absolute atomic E-state index is 10.9. The van der Waals surface area contributed by atoms with Crippen LogP contribution in [0.2, 0.25) is 0 Å². The quantitative estimate of drug-likeness (QED) is 0.769. The number of nitrogens with one attached hydrogen (secondary N) is 1. The monoisotopic (exact) mass is 363 g/mol. The molecule has 2 N–H and O–H groups in total. The number of likely N-dealkylation sites (tertiary alicyclic amines) is 1. The number of fused-ring (bicyclic) bond motifs is 1. The third kappa shape index (κ3) is 4.23. The van der Waals surface area contributed by atoms with Crippen molar-refractivity contribution in [2.45, 2.75) is 31.3 Å².